The fourth-order valence-electron chi connectivity index (χ4n) is 4.10. The van der Waals surface area contributed by atoms with Gasteiger partial charge in [-0.05, 0) is 41.8 Å². The highest BCUT2D eigenvalue weighted by atomic mass is 35.7. The summed E-state index contributed by atoms with van der Waals surface area (Å²) in [6.45, 7) is 0. The number of rotatable bonds is 0. The average molecular weight is 431 g/mol. The maximum Gasteiger partial charge on any atom is 0.245 e. The van der Waals surface area contributed by atoms with Gasteiger partial charge in [-0.3, -0.25) is 0 Å². The van der Waals surface area contributed by atoms with Crippen LogP contribution in [0, 0.1) is 10.2 Å². The van der Waals surface area contributed by atoms with E-state index >= 15 is 0 Å². The molecule has 0 radical (unpaired) electrons. The number of hydrogen-bond donors (Lipinski definition) is 0. The van der Waals surface area contributed by atoms with Gasteiger partial charge in [0.2, 0.25) is 16.6 Å². The highest BCUT2D eigenvalue weighted by Gasteiger charge is 2.19. The number of hydrogen-bond acceptors (Lipinski definition) is 5. The Morgan fingerprint density at radius 1 is 0.581 bits per heavy atom. The standard InChI is InChI=1S/C24H15N2.ClHO4/c1-2-6-21-16(4-1)7-9-18-11-13-20-14-12-19-10-8-17-5-3-15-25-22(17)24(19)26(20)23(18)21;2-1(3,4)5/h1-15H;(H,2,3,4,5)/q+1;/p-1. The van der Waals surface area contributed by atoms with E-state index in [1.165, 1.54) is 38.1 Å². The zero-order chi connectivity index (χ0) is 21.6. The third kappa shape index (κ3) is 3.63. The largest absolute Gasteiger partial charge is 0.249 e. The van der Waals surface area contributed by atoms with Crippen molar-refractivity contribution in [3.8, 4) is 0 Å². The second-order valence-electron chi connectivity index (χ2n) is 7.11. The van der Waals surface area contributed by atoms with Gasteiger partial charge in [0.05, 0.1) is 5.39 Å². The van der Waals surface area contributed by atoms with E-state index in [1.807, 2.05) is 12.3 Å². The minimum Gasteiger partial charge on any atom is -0.249 e. The highest BCUT2D eigenvalue weighted by Crippen LogP contribution is 2.27. The Balaban J connectivity index is 0.000000371. The predicted molar refractivity (Wildman–Crippen MR) is 107 cm³/mol. The zero-order valence-corrected chi connectivity index (χ0v) is 16.8. The third-order valence-corrected chi connectivity index (χ3v) is 5.28. The Bertz CT molecular complexity index is 1470. The van der Waals surface area contributed by atoms with Crippen molar-refractivity contribution in [3.63, 3.8) is 0 Å². The van der Waals surface area contributed by atoms with Gasteiger partial charge in [0, 0.05) is 34.5 Å². The molecule has 7 heteroatoms. The summed E-state index contributed by atoms with van der Waals surface area (Å²) in [5, 5.41) is 6.12. The van der Waals surface area contributed by atoms with Gasteiger partial charge < -0.3 is 0 Å². The summed E-state index contributed by atoms with van der Waals surface area (Å²) in [6, 6.07) is 30.3. The molecule has 152 valence electrons. The molecule has 0 unspecified atom stereocenters. The average Bonchev–Trinajstić information content (AvgIpc) is 2.77. The Morgan fingerprint density at radius 2 is 1.13 bits per heavy atom. The smallest absolute Gasteiger partial charge is 0.245 e. The van der Waals surface area contributed by atoms with Crippen LogP contribution >= 0.6 is 0 Å². The quantitative estimate of drug-likeness (QED) is 0.260. The van der Waals surface area contributed by atoms with E-state index in [1.54, 1.807) is 0 Å². The maximum atomic E-state index is 8.49. The molecule has 0 amide bonds. The van der Waals surface area contributed by atoms with Crippen molar-refractivity contribution in [1.82, 2.24) is 4.98 Å². The summed E-state index contributed by atoms with van der Waals surface area (Å²) in [6.07, 6.45) is 1.88. The molecule has 31 heavy (non-hydrogen) atoms. The SMILES string of the molecule is [O-][Cl+3]([O-])([O-])[O-].c1ccc2c(c1)ccc1ccc3ccc4ccc5cccnc5c4[n+]3c12. The number of aromatic nitrogens is 2. The van der Waals surface area contributed by atoms with Crippen molar-refractivity contribution in [2.45, 2.75) is 0 Å². The second-order valence-corrected chi connectivity index (χ2v) is 7.86. The van der Waals surface area contributed by atoms with Crippen LogP contribution in [0.15, 0.2) is 91.1 Å². The summed E-state index contributed by atoms with van der Waals surface area (Å²) in [5.41, 5.74) is 4.63. The Labute approximate surface area is 178 Å². The van der Waals surface area contributed by atoms with E-state index < -0.39 is 10.2 Å². The van der Waals surface area contributed by atoms with Crippen molar-refractivity contribution in [3.05, 3.63) is 91.1 Å². The van der Waals surface area contributed by atoms with E-state index in [0.29, 0.717) is 0 Å². The van der Waals surface area contributed by atoms with Crippen molar-refractivity contribution in [1.29, 1.82) is 0 Å². The molecule has 6 rings (SSSR count). The molecule has 0 saturated carbocycles. The molecule has 0 saturated heterocycles. The number of fused-ring (bicyclic) bond motifs is 9. The van der Waals surface area contributed by atoms with Gasteiger partial charge in [-0.2, -0.15) is 4.40 Å². The van der Waals surface area contributed by atoms with E-state index in [-0.39, 0.29) is 0 Å². The van der Waals surface area contributed by atoms with E-state index in [9.17, 15) is 0 Å². The fourth-order valence-corrected chi connectivity index (χ4v) is 4.10. The van der Waals surface area contributed by atoms with Crippen LogP contribution in [0.2, 0.25) is 0 Å². The zero-order valence-electron chi connectivity index (χ0n) is 16.1. The monoisotopic (exact) mass is 430 g/mol. The van der Waals surface area contributed by atoms with Gasteiger partial charge in [0.1, 0.15) is 5.52 Å². The molecule has 3 aromatic carbocycles. The maximum absolute atomic E-state index is 8.49. The first kappa shape index (κ1) is 19.6. The van der Waals surface area contributed by atoms with Crippen LogP contribution in [-0.2, 0) is 0 Å². The second kappa shape index (κ2) is 7.39. The molecule has 0 aliphatic heterocycles. The summed E-state index contributed by atoms with van der Waals surface area (Å²) in [7, 11) is -4.94. The van der Waals surface area contributed by atoms with Crippen molar-refractivity contribution < 1.29 is 33.3 Å². The molecule has 0 N–H and O–H groups in total. The summed E-state index contributed by atoms with van der Waals surface area (Å²) in [4.78, 5) is 4.73. The molecule has 6 aromatic rings. The first-order chi connectivity index (χ1) is 14.9. The fraction of sp³-hybridized carbons (Fsp3) is 0. The van der Waals surface area contributed by atoms with Crippen LogP contribution in [-0.4, -0.2) is 4.98 Å². The lowest BCUT2D eigenvalue weighted by Gasteiger charge is -2.17. The minimum absolute atomic E-state index is 1.04. The minimum atomic E-state index is -4.94. The van der Waals surface area contributed by atoms with Crippen molar-refractivity contribution in [2.24, 2.45) is 0 Å². The highest BCUT2D eigenvalue weighted by molar-refractivity contribution is 6.06. The van der Waals surface area contributed by atoms with Crippen LogP contribution < -0.4 is 23.0 Å². The molecule has 0 bridgehead atoms. The Hall–Kier alpha value is -3.39. The Kier molecular flexibility index (Phi) is 4.66. The topological polar surface area (TPSA) is 109 Å². The predicted octanol–water partition coefficient (Wildman–Crippen LogP) is 0.677. The molecule has 0 fully saturated rings. The van der Waals surface area contributed by atoms with Crippen LogP contribution in [0.5, 0.6) is 0 Å². The van der Waals surface area contributed by atoms with Gasteiger partial charge in [-0.25, -0.2) is 23.6 Å². The number of halogens is 1. The summed E-state index contributed by atoms with van der Waals surface area (Å²) in [5.74, 6) is 0. The van der Waals surface area contributed by atoms with Gasteiger partial charge in [-0.15, -0.1) is 10.2 Å². The molecule has 3 aromatic heterocycles. The molecule has 6 nitrogen and oxygen atoms in total. The van der Waals surface area contributed by atoms with E-state index in [2.05, 4.69) is 83.3 Å². The van der Waals surface area contributed by atoms with Gasteiger partial charge in [0.15, 0.2) is 0 Å². The van der Waals surface area contributed by atoms with Crippen LogP contribution in [0.4, 0.5) is 0 Å². The van der Waals surface area contributed by atoms with E-state index in [4.69, 9.17) is 23.6 Å². The van der Waals surface area contributed by atoms with Gasteiger partial charge in [-0.1, -0.05) is 36.4 Å². The van der Waals surface area contributed by atoms with Crippen molar-refractivity contribution >= 4 is 49.0 Å². The number of nitrogens with zero attached hydrogens (tertiary/aromatic N) is 2. The number of benzene rings is 3. The lowest BCUT2D eigenvalue weighted by molar-refractivity contribution is -2.00. The normalized spacial score (nSPS) is 11.9. The van der Waals surface area contributed by atoms with Gasteiger partial charge >= 0.3 is 0 Å². The molecule has 0 atom stereocenters. The van der Waals surface area contributed by atoms with Crippen LogP contribution in [0.3, 0.4) is 0 Å². The first-order valence-corrected chi connectivity index (χ1v) is 10.7. The van der Waals surface area contributed by atoms with E-state index in [0.717, 1.165) is 10.9 Å². The Morgan fingerprint density at radius 3 is 1.87 bits per heavy atom. The molecule has 3 heterocycles. The van der Waals surface area contributed by atoms with Crippen molar-refractivity contribution in [2.75, 3.05) is 0 Å². The summed E-state index contributed by atoms with van der Waals surface area (Å²) >= 11 is 0. The molecule has 0 aliphatic carbocycles. The summed E-state index contributed by atoms with van der Waals surface area (Å²) < 4.78 is 36.3. The molecular weight excluding hydrogens is 416 g/mol. The van der Waals surface area contributed by atoms with Crippen LogP contribution in [0.25, 0.3) is 49.0 Å². The lowest BCUT2D eigenvalue weighted by Crippen LogP contribution is -2.68. The molecule has 0 aliphatic rings. The third-order valence-electron chi connectivity index (χ3n) is 5.28. The van der Waals surface area contributed by atoms with Gasteiger partial charge in [0.25, 0.3) is 0 Å². The first-order valence-electron chi connectivity index (χ1n) is 9.45. The molecule has 0 spiro atoms. The number of pyridine rings is 3. The lowest BCUT2D eigenvalue weighted by atomic mass is 10.0. The van der Waals surface area contributed by atoms with Crippen LogP contribution in [0.1, 0.15) is 0 Å². The molecular formula is C24H15ClN2O4.